The first kappa shape index (κ1) is 16.4. The molecule has 3 unspecified atom stereocenters. The molecule has 7 heteroatoms. The highest BCUT2D eigenvalue weighted by molar-refractivity contribution is 6.03. The molecule has 1 aliphatic carbocycles. The van der Waals surface area contributed by atoms with Gasteiger partial charge in [-0.1, -0.05) is 12.1 Å². The Kier molecular flexibility index (Phi) is 4.20. The number of rotatable bonds is 2. The number of benzene rings is 1. The van der Waals surface area contributed by atoms with Crippen LogP contribution < -0.4 is 0 Å². The van der Waals surface area contributed by atoms with Gasteiger partial charge in [0.05, 0.1) is 11.2 Å². The third kappa shape index (κ3) is 2.96. The van der Waals surface area contributed by atoms with Crippen LogP contribution in [0, 0.1) is 0 Å². The zero-order valence-corrected chi connectivity index (χ0v) is 13.4. The number of aromatic nitrogens is 3. The summed E-state index contributed by atoms with van der Waals surface area (Å²) in [5.74, 6) is 0.563. The van der Waals surface area contributed by atoms with Crippen molar-refractivity contribution in [1.82, 2.24) is 15.0 Å². The van der Waals surface area contributed by atoms with Gasteiger partial charge >= 0.3 is 0 Å². The minimum absolute atomic E-state index is 0.196. The van der Waals surface area contributed by atoms with Gasteiger partial charge in [-0.15, -0.1) is 0 Å². The predicted molar refractivity (Wildman–Crippen MR) is 93.7 cm³/mol. The largest absolute Gasteiger partial charge is 0.264 e. The van der Waals surface area contributed by atoms with Crippen LogP contribution in [-0.4, -0.2) is 39.2 Å². The van der Waals surface area contributed by atoms with Crippen molar-refractivity contribution in [2.45, 2.75) is 18.5 Å². The van der Waals surface area contributed by atoms with E-state index in [0.29, 0.717) is 22.3 Å². The van der Waals surface area contributed by atoms with Crippen molar-refractivity contribution in [1.29, 1.82) is 0 Å². The first-order valence-corrected chi connectivity index (χ1v) is 7.99. The molecule has 2 aromatic heterocycles. The lowest BCUT2D eigenvalue weighted by molar-refractivity contribution is 0.137. The molecule has 1 aliphatic rings. The van der Waals surface area contributed by atoms with Crippen molar-refractivity contribution >= 4 is 22.4 Å². The van der Waals surface area contributed by atoms with Crippen LogP contribution in [0.1, 0.15) is 0 Å². The van der Waals surface area contributed by atoms with Crippen molar-refractivity contribution < 1.29 is 13.2 Å². The molecule has 3 atom stereocenters. The number of hydrogen-bond donors (Lipinski definition) is 0. The molecule has 0 bridgehead atoms. The summed E-state index contributed by atoms with van der Waals surface area (Å²) in [6.07, 6.45) is -1.05. The van der Waals surface area contributed by atoms with Crippen LogP contribution in [0.25, 0.3) is 22.3 Å². The molecular formula is C19H13F3N4. The number of halogens is 3. The molecule has 0 saturated heterocycles. The second-order valence-electron chi connectivity index (χ2n) is 5.82. The third-order valence-corrected chi connectivity index (χ3v) is 4.06. The second-order valence-corrected chi connectivity index (χ2v) is 5.82. The highest BCUT2D eigenvalue weighted by Gasteiger charge is 2.35. The van der Waals surface area contributed by atoms with Crippen LogP contribution in [0.15, 0.2) is 65.9 Å². The quantitative estimate of drug-likeness (QED) is 0.687. The standard InChI is InChI=1S/C19H13F3N4/c20-13-7-8-15(17(22)16(13)21)25-19-12-5-1-2-6-14(12)24-18(26-19)11-4-3-9-23-10-11/h1-10,13,16-17H. The van der Waals surface area contributed by atoms with E-state index in [1.165, 1.54) is 0 Å². The summed E-state index contributed by atoms with van der Waals surface area (Å²) in [6.45, 7) is 0. The zero-order valence-electron chi connectivity index (χ0n) is 13.4. The van der Waals surface area contributed by atoms with Gasteiger partial charge in [-0.25, -0.2) is 28.1 Å². The summed E-state index contributed by atoms with van der Waals surface area (Å²) in [4.78, 5) is 17.1. The van der Waals surface area contributed by atoms with E-state index in [9.17, 15) is 13.2 Å². The summed E-state index contributed by atoms with van der Waals surface area (Å²) < 4.78 is 41.1. The van der Waals surface area contributed by atoms with Gasteiger partial charge in [0.25, 0.3) is 0 Å². The van der Waals surface area contributed by atoms with E-state index in [1.807, 2.05) is 6.07 Å². The summed E-state index contributed by atoms with van der Waals surface area (Å²) in [5, 5.41) is 0.589. The number of hydrogen-bond acceptors (Lipinski definition) is 4. The maximum atomic E-state index is 14.2. The Morgan fingerprint density at radius 2 is 1.81 bits per heavy atom. The summed E-state index contributed by atoms with van der Waals surface area (Å²) >= 11 is 0. The van der Waals surface area contributed by atoms with Crippen LogP contribution >= 0.6 is 0 Å². The van der Waals surface area contributed by atoms with Crippen molar-refractivity contribution in [3.8, 4) is 11.4 Å². The molecular weight excluding hydrogens is 341 g/mol. The highest BCUT2D eigenvalue weighted by Crippen LogP contribution is 2.29. The molecule has 4 nitrogen and oxygen atoms in total. The molecule has 0 N–H and O–H groups in total. The minimum atomic E-state index is -2.27. The predicted octanol–water partition coefficient (Wildman–Crippen LogP) is 4.35. The van der Waals surface area contributed by atoms with Crippen LogP contribution in [0.5, 0.6) is 0 Å². The van der Waals surface area contributed by atoms with Crippen molar-refractivity contribution in [2.75, 3.05) is 0 Å². The number of alkyl halides is 3. The van der Waals surface area contributed by atoms with Gasteiger partial charge in [0.2, 0.25) is 0 Å². The number of nitrogens with zero attached hydrogens (tertiary/aromatic N) is 4. The lowest BCUT2D eigenvalue weighted by atomic mass is 10.0. The minimum Gasteiger partial charge on any atom is -0.264 e. The van der Waals surface area contributed by atoms with E-state index in [4.69, 9.17) is 0 Å². The first-order valence-electron chi connectivity index (χ1n) is 7.99. The molecule has 3 aromatic rings. The Morgan fingerprint density at radius 3 is 2.62 bits per heavy atom. The zero-order chi connectivity index (χ0) is 18.1. The molecule has 26 heavy (non-hydrogen) atoms. The first-order chi connectivity index (χ1) is 12.6. The molecule has 2 heterocycles. The van der Waals surface area contributed by atoms with E-state index >= 15 is 0 Å². The van der Waals surface area contributed by atoms with Gasteiger partial charge in [0.1, 0.15) is 0 Å². The van der Waals surface area contributed by atoms with Gasteiger partial charge in [-0.3, -0.25) is 4.98 Å². The van der Waals surface area contributed by atoms with Gasteiger partial charge in [0.15, 0.2) is 30.2 Å². The molecule has 0 radical (unpaired) electrons. The van der Waals surface area contributed by atoms with Gasteiger partial charge < -0.3 is 0 Å². The highest BCUT2D eigenvalue weighted by atomic mass is 19.2. The summed E-state index contributed by atoms with van der Waals surface area (Å²) in [5.41, 5.74) is 1.08. The van der Waals surface area contributed by atoms with E-state index in [2.05, 4.69) is 19.9 Å². The maximum Gasteiger partial charge on any atom is 0.176 e. The van der Waals surface area contributed by atoms with Crippen LogP contribution in [0.4, 0.5) is 19.0 Å². The second kappa shape index (κ2) is 6.67. The monoisotopic (exact) mass is 354 g/mol. The van der Waals surface area contributed by atoms with Gasteiger partial charge in [-0.2, -0.15) is 0 Å². The Hall–Kier alpha value is -3.09. The molecule has 0 fully saturated rings. The van der Waals surface area contributed by atoms with Crippen LogP contribution in [-0.2, 0) is 0 Å². The third-order valence-electron chi connectivity index (χ3n) is 4.06. The molecule has 0 amide bonds. The normalized spacial score (nSPS) is 24.3. The van der Waals surface area contributed by atoms with Crippen LogP contribution in [0.3, 0.4) is 0 Å². The number of pyridine rings is 1. The van der Waals surface area contributed by atoms with E-state index in [1.54, 1.807) is 42.7 Å². The Balaban J connectivity index is 1.89. The van der Waals surface area contributed by atoms with E-state index in [0.717, 1.165) is 12.2 Å². The number of aliphatic imine (C=N–C) groups is 1. The maximum absolute atomic E-state index is 14.2. The van der Waals surface area contributed by atoms with E-state index in [-0.39, 0.29) is 11.5 Å². The lowest BCUT2D eigenvalue weighted by Gasteiger charge is -2.20. The SMILES string of the molecule is FC1C=CC(=Nc2nc(-c3cccnc3)nc3ccccc23)C(F)C1F. The van der Waals surface area contributed by atoms with Crippen LogP contribution in [0.2, 0.25) is 0 Å². The Labute approximate surface area is 147 Å². The average Bonchev–Trinajstić information content (AvgIpc) is 2.69. The molecule has 0 aliphatic heterocycles. The Bertz CT molecular complexity index is 1000. The fourth-order valence-corrected chi connectivity index (χ4v) is 2.70. The Morgan fingerprint density at radius 1 is 0.962 bits per heavy atom. The molecule has 4 rings (SSSR count). The molecule has 1 aromatic carbocycles. The number of fused-ring (bicyclic) bond motifs is 1. The lowest BCUT2D eigenvalue weighted by Crippen LogP contribution is -2.36. The van der Waals surface area contributed by atoms with E-state index < -0.39 is 18.5 Å². The smallest absolute Gasteiger partial charge is 0.176 e. The molecule has 0 spiro atoms. The molecule has 0 saturated carbocycles. The van der Waals surface area contributed by atoms with Crippen molar-refractivity contribution in [3.05, 3.63) is 60.9 Å². The van der Waals surface area contributed by atoms with Gasteiger partial charge in [0, 0.05) is 23.3 Å². The fraction of sp³-hybridized carbons (Fsp3) is 0.158. The number of allylic oxidation sites excluding steroid dienone is 2. The van der Waals surface area contributed by atoms with Crippen molar-refractivity contribution in [2.24, 2.45) is 4.99 Å². The van der Waals surface area contributed by atoms with Crippen molar-refractivity contribution in [3.63, 3.8) is 0 Å². The average molecular weight is 354 g/mol. The fourth-order valence-electron chi connectivity index (χ4n) is 2.70. The topological polar surface area (TPSA) is 51.0 Å². The number of para-hydroxylation sites is 1. The summed E-state index contributed by atoms with van der Waals surface area (Å²) in [6, 6.07) is 10.6. The molecule has 130 valence electrons. The van der Waals surface area contributed by atoms with Gasteiger partial charge in [-0.05, 0) is 36.4 Å². The summed E-state index contributed by atoms with van der Waals surface area (Å²) in [7, 11) is 0.